The number of methoxy groups -OCH3 is 1. The number of carboxylic acids is 1. The van der Waals surface area contributed by atoms with Crippen LogP contribution in [0.2, 0.25) is 0 Å². The number of aliphatic carboxylic acids is 1. The fourth-order valence-corrected chi connectivity index (χ4v) is 1.63. The summed E-state index contributed by atoms with van der Waals surface area (Å²) in [6.45, 7) is -3.17. The smallest absolute Gasteiger partial charge is 0.387 e. The van der Waals surface area contributed by atoms with Gasteiger partial charge in [0.1, 0.15) is 0 Å². The minimum absolute atomic E-state index is 0.00668. The highest BCUT2D eigenvalue weighted by Crippen LogP contribution is 2.33. The molecule has 0 heterocycles. The van der Waals surface area contributed by atoms with Crippen LogP contribution in [0.4, 0.5) is 8.78 Å². The molecule has 0 aliphatic rings. The molecule has 0 unspecified atom stereocenters. The molecule has 0 saturated heterocycles. The third kappa shape index (κ3) is 4.59. The molecular formula is C13H15F2NO5. The van der Waals surface area contributed by atoms with Gasteiger partial charge in [-0.25, -0.2) is 0 Å². The Bertz CT molecular complexity index is 521. The van der Waals surface area contributed by atoms with Crippen LogP contribution in [0.1, 0.15) is 16.8 Å². The van der Waals surface area contributed by atoms with Crippen LogP contribution in [-0.2, 0) is 4.79 Å². The van der Waals surface area contributed by atoms with Gasteiger partial charge in [-0.15, -0.1) is 0 Å². The van der Waals surface area contributed by atoms with Gasteiger partial charge in [-0.3, -0.25) is 9.59 Å². The van der Waals surface area contributed by atoms with E-state index in [1.807, 2.05) is 0 Å². The van der Waals surface area contributed by atoms with Gasteiger partial charge in [0.25, 0.3) is 5.91 Å². The van der Waals surface area contributed by atoms with Gasteiger partial charge in [-0.1, -0.05) is 6.07 Å². The SMILES string of the molecule is COc1cccc(C(=O)N(C)CCC(=O)O)c1OC(F)F. The predicted molar refractivity (Wildman–Crippen MR) is 68.8 cm³/mol. The number of hydrogen-bond donors (Lipinski definition) is 1. The quantitative estimate of drug-likeness (QED) is 0.832. The maximum Gasteiger partial charge on any atom is 0.387 e. The summed E-state index contributed by atoms with van der Waals surface area (Å²) in [5.41, 5.74) is -0.123. The highest BCUT2D eigenvalue weighted by atomic mass is 19.3. The molecule has 0 fully saturated rings. The number of para-hydroxylation sites is 1. The molecule has 0 spiro atoms. The molecule has 116 valence electrons. The van der Waals surface area contributed by atoms with E-state index in [0.29, 0.717) is 0 Å². The molecule has 6 nitrogen and oxygen atoms in total. The lowest BCUT2D eigenvalue weighted by molar-refractivity contribution is -0.137. The summed E-state index contributed by atoms with van der Waals surface area (Å²) in [5, 5.41) is 8.59. The first-order valence-electron chi connectivity index (χ1n) is 5.96. The molecule has 0 aliphatic carbocycles. The second-order valence-electron chi connectivity index (χ2n) is 4.09. The van der Waals surface area contributed by atoms with E-state index in [4.69, 9.17) is 9.84 Å². The largest absolute Gasteiger partial charge is 0.493 e. The van der Waals surface area contributed by atoms with Crippen molar-refractivity contribution in [3.63, 3.8) is 0 Å². The third-order valence-electron chi connectivity index (χ3n) is 2.64. The van der Waals surface area contributed by atoms with Crippen molar-refractivity contribution >= 4 is 11.9 Å². The summed E-state index contributed by atoms with van der Waals surface area (Å²) < 4.78 is 34.1. The molecule has 0 aromatic heterocycles. The molecule has 0 saturated carbocycles. The first-order chi connectivity index (χ1) is 9.86. The number of nitrogens with zero attached hydrogens (tertiary/aromatic N) is 1. The fourth-order valence-electron chi connectivity index (χ4n) is 1.63. The van der Waals surface area contributed by atoms with Crippen molar-refractivity contribution in [1.29, 1.82) is 0 Å². The zero-order chi connectivity index (χ0) is 16.0. The minimum atomic E-state index is -3.11. The zero-order valence-electron chi connectivity index (χ0n) is 11.5. The molecule has 1 rings (SSSR count). The number of carbonyl (C=O) groups is 2. The second kappa shape index (κ2) is 7.41. The number of benzene rings is 1. The molecule has 1 amide bonds. The van der Waals surface area contributed by atoms with Crippen LogP contribution < -0.4 is 9.47 Å². The summed E-state index contributed by atoms with van der Waals surface area (Å²) in [5.74, 6) is -2.08. The van der Waals surface area contributed by atoms with Crippen LogP contribution in [-0.4, -0.2) is 49.2 Å². The van der Waals surface area contributed by atoms with Gasteiger partial charge < -0.3 is 19.5 Å². The second-order valence-corrected chi connectivity index (χ2v) is 4.09. The first kappa shape index (κ1) is 16.7. The van der Waals surface area contributed by atoms with E-state index in [0.717, 1.165) is 4.90 Å². The van der Waals surface area contributed by atoms with Gasteiger partial charge in [-0.2, -0.15) is 8.78 Å². The van der Waals surface area contributed by atoms with Crippen molar-refractivity contribution in [2.75, 3.05) is 20.7 Å². The van der Waals surface area contributed by atoms with Crippen molar-refractivity contribution in [1.82, 2.24) is 4.90 Å². The number of hydrogen-bond acceptors (Lipinski definition) is 4. The Morgan fingerprint density at radius 2 is 2.05 bits per heavy atom. The molecule has 8 heteroatoms. The van der Waals surface area contributed by atoms with Gasteiger partial charge in [0, 0.05) is 13.6 Å². The van der Waals surface area contributed by atoms with Crippen LogP contribution in [0, 0.1) is 0 Å². The average Bonchev–Trinajstić information content (AvgIpc) is 2.43. The highest BCUT2D eigenvalue weighted by Gasteiger charge is 2.22. The van der Waals surface area contributed by atoms with Crippen molar-refractivity contribution in [3.8, 4) is 11.5 Å². The first-order valence-corrected chi connectivity index (χ1v) is 5.96. The molecule has 0 atom stereocenters. The predicted octanol–water partition coefficient (Wildman–Crippen LogP) is 1.84. The van der Waals surface area contributed by atoms with E-state index < -0.39 is 18.5 Å². The number of carboxylic acid groups (broad SMARTS) is 1. The van der Waals surface area contributed by atoms with Crippen LogP contribution in [0.3, 0.4) is 0 Å². The van der Waals surface area contributed by atoms with Crippen molar-refractivity contribution in [2.45, 2.75) is 13.0 Å². The normalized spacial score (nSPS) is 10.3. The number of rotatable bonds is 7. The zero-order valence-corrected chi connectivity index (χ0v) is 11.5. The van der Waals surface area contributed by atoms with E-state index in [1.54, 1.807) is 0 Å². The Morgan fingerprint density at radius 1 is 1.38 bits per heavy atom. The topological polar surface area (TPSA) is 76.1 Å². The molecule has 21 heavy (non-hydrogen) atoms. The molecule has 1 aromatic carbocycles. The van der Waals surface area contributed by atoms with Crippen LogP contribution >= 0.6 is 0 Å². The van der Waals surface area contributed by atoms with Crippen molar-refractivity contribution < 1.29 is 33.0 Å². The summed E-state index contributed by atoms with van der Waals surface area (Å²) >= 11 is 0. The fraction of sp³-hybridized carbons (Fsp3) is 0.385. The molecular weight excluding hydrogens is 288 g/mol. The third-order valence-corrected chi connectivity index (χ3v) is 2.64. The lowest BCUT2D eigenvalue weighted by Crippen LogP contribution is -2.29. The van der Waals surface area contributed by atoms with Gasteiger partial charge in [0.15, 0.2) is 11.5 Å². The number of halogens is 2. The van der Waals surface area contributed by atoms with E-state index in [9.17, 15) is 18.4 Å². The van der Waals surface area contributed by atoms with E-state index in [1.165, 1.54) is 32.4 Å². The maximum absolute atomic E-state index is 12.5. The minimum Gasteiger partial charge on any atom is -0.493 e. The van der Waals surface area contributed by atoms with Gasteiger partial charge in [0.05, 0.1) is 19.1 Å². The van der Waals surface area contributed by atoms with Gasteiger partial charge in [0.2, 0.25) is 0 Å². The van der Waals surface area contributed by atoms with E-state index in [-0.39, 0.29) is 30.0 Å². The Kier molecular flexibility index (Phi) is 5.89. The highest BCUT2D eigenvalue weighted by molar-refractivity contribution is 5.97. The Morgan fingerprint density at radius 3 is 2.57 bits per heavy atom. The molecule has 1 N–H and O–H groups in total. The summed E-state index contributed by atoms with van der Waals surface area (Å²) in [6, 6.07) is 4.14. The molecule has 1 aromatic rings. The van der Waals surface area contributed by atoms with Crippen molar-refractivity contribution in [3.05, 3.63) is 23.8 Å². The Balaban J connectivity index is 3.04. The Hall–Kier alpha value is -2.38. The van der Waals surface area contributed by atoms with Crippen LogP contribution in [0.15, 0.2) is 18.2 Å². The molecule has 0 bridgehead atoms. The van der Waals surface area contributed by atoms with Crippen molar-refractivity contribution in [2.24, 2.45) is 0 Å². The monoisotopic (exact) mass is 303 g/mol. The summed E-state index contributed by atoms with van der Waals surface area (Å²) in [6.07, 6.45) is -0.253. The summed E-state index contributed by atoms with van der Waals surface area (Å²) in [7, 11) is 2.63. The van der Waals surface area contributed by atoms with E-state index in [2.05, 4.69) is 4.74 Å². The van der Waals surface area contributed by atoms with Crippen LogP contribution in [0.25, 0.3) is 0 Å². The number of ether oxygens (including phenoxy) is 2. The number of alkyl halides is 2. The van der Waals surface area contributed by atoms with Gasteiger partial charge >= 0.3 is 12.6 Å². The number of amides is 1. The van der Waals surface area contributed by atoms with Crippen LogP contribution in [0.5, 0.6) is 11.5 Å². The van der Waals surface area contributed by atoms with E-state index >= 15 is 0 Å². The standard InChI is InChI=1S/C13H15F2NO5/c1-16(7-6-10(17)18)12(19)8-4-3-5-9(20-2)11(8)21-13(14)15/h3-5,13H,6-7H2,1-2H3,(H,17,18). The van der Waals surface area contributed by atoms with Gasteiger partial charge in [-0.05, 0) is 12.1 Å². The lowest BCUT2D eigenvalue weighted by Gasteiger charge is -2.19. The molecule has 0 aliphatic heterocycles. The number of carbonyl (C=O) groups excluding carboxylic acids is 1. The maximum atomic E-state index is 12.5. The lowest BCUT2D eigenvalue weighted by atomic mass is 10.1. The molecule has 0 radical (unpaired) electrons. The summed E-state index contributed by atoms with van der Waals surface area (Å²) in [4.78, 5) is 23.8. The average molecular weight is 303 g/mol. The Labute approximate surface area is 119 Å².